The highest BCUT2D eigenvalue weighted by Gasteiger charge is 2.07. The maximum absolute atomic E-state index is 4.18. The van der Waals surface area contributed by atoms with Crippen molar-refractivity contribution >= 4 is 0 Å². The molecule has 2 N–H and O–H groups in total. The van der Waals surface area contributed by atoms with Crippen molar-refractivity contribution < 1.29 is 0 Å². The maximum Gasteiger partial charge on any atom is 0.0638 e. The van der Waals surface area contributed by atoms with Gasteiger partial charge in [0.2, 0.25) is 0 Å². The van der Waals surface area contributed by atoms with E-state index in [1.807, 2.05) is 6.92 Å². The molecular formula is C11H21N3. The normalized spacial score (nSPS) is 13.1. The first-order valence-corrected chi connectivity index (χ1v) is 5.39. The highest BCUT2D eigenvalue weighted by Crippen LogP contribution is 2.09. The second kappa shape index (κ2) is 5.15. The Hall–Kier alpha value is -0.830. The van der Waals surface area contributed by atoms with Crippen molar-refractivity contribution in [2.45, 2.75) is 53.1 Å². The van der Waals surface area contributed by atoms with Crippen molar-refractivity contribution in [3.8, 4) is 0 Å². The highest BCUT2D eigenvalue weighted by atomic mass is 15.1. The van der Waals surface area contributed by atoms with E-state index in [0.717, 1.165) is 12.2 Å². The lowest BCUT2D eigenvalue weighted by molar-refractivity contribution is 0.507. The fourth-order valence-electron chi connectivity index (χ4n) is 1.65. The molecule has 0 spiro atoms. The third-order valence-corrected chi connectivity index (χ3v) is 2.63. The Kier molecular flexibility index (Phi) is 4.14. The van der Waals surface area contributed by atoms with Crippen molar-refractivity contribution in [1.82, 2.24) is 15.5 Å². The van der Waals surface area contributed by atoms with Crippen LogP contribution in [0.3, 0.4) is 0 Å². The molecule has 1 aromatic heterocycles. The van der Waals surface area contributed by atoms with Crippen molar-refractivity contribution in [3.05, 3.63) is 17.0 Å². The summed E-state index contributed by atoms with van der Waals surface area (Å²) in [6.45, 7) is 9.49. The van der Waals surface area contributed by atoms with E-state index in [0.29, 0.717) is 6.04 Å². The molecule has 0 amide bonds. The van der Waals surface area contributed by atoms with Crippen LogP contribution >= 0.6 is 0 Å². The first kappa shape index (κ1) is 11.2. The van der Waals surface area contributed by atoms with Gasteiger partial charge in [0.15, 0.2) is 0 Å². The Labute approximate surface area is 86.3 Å². The monoisotopic (exact) mass is 195 g/mol. The molecule has 80 valence electrons. The van der Waals surface area contributed by atoms with Gasteiger partial charge < -0.3 is 5.32 Å². The van der Waals surface area contributed by atoms with E-state index < -0.39 is 0 Å². The van der Waals surface area contributed by atoms with Crippen LogP contribution in [0.4, 0.5) is 0 Å². The van der Waals surface area contributed by atoms with Gasteiger partial charge in [-0.15, -0.1) is 0 Å². The fraction of sp³-hybridized carbons (Fsp3) is 0.727. The minimum atomic E-state index is 0.591. The summed E-state index contributed by atoms with van der Waals surface area (Å²) in [6.07, 6.45) is 2.47. The number of H-pyrrole nitrogens is 1. The zero-order valence-corrected chi connectivity index (χ0v) is 9.65. The summed E-state index contributed by atoms with van der Waals surface area (Å²) in [5, 5.41) is 10.7. The molecule has 1 heterocycles. The molecule has 0 saturated heterocycles. The van der Waals surface area contributed by atoms with E-state index in [1.165, 1.54) is 24.1 Å². The Morgan fingerprint density at radius 2 is 2.14 bits per heavy atom. The predicted octanol–water partition coefficient (Wildman–Crippen LogP) is 2.30. The van der Waals surface area contributed by atoms with E-state index in [4.69, 9.17) is 0 Å². The smallest absolute Gasteiger partial charge is 0.0638 e. The molecule has 0 aliphatic rings. The van der Waals surface area contributed by atoms with Crippen molar-refractivity contribution in [2.75, 3.05) is 0 Å². The standard InChI is InChI=1S/C11H21N3/c1-5-6-8(2)12-7-11-9(3)13-14-10(11)4/h8,12H,5-7H2,1-4H3,(H,13,14). The van der Waals surface area contributed by atoms with Gasteiger partial charge in [-0.25, -0.2) is 0 Å². The van der Waals surface area contributed by atoms with Crippen molar-refractivity contribution in [2.24, 2.45) is 0 Å². The second-order valence-electron chi connectivity index (χ2n) is 3.98. The van der Waals surface area contributed by atoms with Gasteiger partial charge in [-0.1, -0.05) is 13.3 Å². The summed E-state index contributed by atoms with van der Waals surface area (Å²) in [6, 6.07) is 0.591. The minimum Gasteiger partial charge on any atom is -0.310 e. The number of aryl methyl sites for hydroxylation is 2. The molecule has 0 aliphatic heterocycles. The second-order valence-corrected chi connectivity index (χ2v) is 3.98. The lowest BCUT2D eigenvalue weighted by atomic mass is 10.1. The number of rotatable bonds is 5. The number of aromatic amines is 1. The lowest BCUT2D eigenvalue weighted by Gasteiger charge is -2.12. The molecule has 0 fully saturated rings. The molecule has 1 unspecified atom stereocenters. The van der Waals surface area contributed by atoms with Gasteiger partial charge in [-0.3, -0.25) is 5.10 Å². The Morgan fingerprint density at radius 3 is 2.64 bits per heavy atom. The Balaban J connectivity index is 2.45. The van der Waals surface area contributed by atoms with E-state index in [1.54, 1.807) is 0 Å². The molecule has 1 atom stereocenters. The minimum absolute atomic E-state index is 0.591. The average molecular weight is 195 g/mol. The lowest BCUT2D eigenvalue weighted by Crippen LogP contribution is -2.25. The van der Waals surface area contributed by atoms with E-state index in [9.17, 15) is 0 Å². The number of nitrogens with one attached hydrogen (secondary N) is 2. The summed E-state index contributed by atoms with van der Waals surface area (Å²) >= 11 is 0. The molecule has 1 aromatic rings. The zero-order chi connectivity index (χ0) is 10.6. The summed E-state index contributed by atoms with van der Waals surface area (Å²) in [5.74, 6) is 0. The number of hydrogen-bond acceptors (Lipinski definition) is 2. The van der Waals surface area contributed by atoms with Crippen molar-refractivity contribution in [3.63, 3.8) is 0 Å². The first-order valence-electron chi connectivity index (χ1n) is 5.39. The maximum atomic E-state index is 4.18. The van der Waals surface area contributed by atoms with Crippen LogP contribution in [0, 0.1) is 13.8 Å². The van der Waals surface area contributed by atoms with E-state index in [-0.39, 0.29) is 0 Å². The van der Waals surface area contributed by atoms with Gasteiger partial charge >= 0.3 is 0 Å². The molecule has 0 bridgehead atoms. The largest absolute Gasteiger partial charge is 0.310 e. The molecule has 3 heteroatoms. The van der Waals surface area contributed by atoms with Crippen LogP contribution in [0.1, 0.15) is 43.6 Å². The van der Waals surface area contributed by atoms with Crippen LogP contribution in [-0.2, 0) is 6.54 Å². The summed E-state index contributed by atoms with van der Waals surface area (Å²) < 4.78 is 0. The quantitative estimate of drug-likeness (QED) is 0.757. The molecular weight excluding hydrogens is 174 g/mol. The van der Waals surface area contributed by atoms with Crippen molar-refractivity contribution in [1.29, 1.82) is 0 Å². The van der Waals surface area contributed by atoms with Crippen LogP contribution in [-0.4, -0.2) is 16.2 Å². The van der Waals surface area contributed by atoms with Crippen LogP contribution < -0.4 is 5.32 Å². The van der Waals surface area contributed by atoms with Gasteiger partial charge in [0.25, 0.3) is 0 Å². The van der Waals surface area contributed by atoms with Crippen LogP contribution in [0.5, 0.6) is 0 Å². The number of aromatic nitrogens is 2. The van der Waals surface area contributed by atoms with Gasteiger partial charge in [0.1, 0.15) is 0 Å². The van der Waals surface area contributed by atoms with E-state index >= 15 is 0 Å². The zero-order valence-electron chi connectivity index (χ0n) is 9.65. The van der Waals surface area contributed by atoms with Crippen LogP contribution in [0.25, 0.3) is 0 Å². The highest BCUT2D eigenvalue weighted by molar-refractivity contribution is 5.22. The number of nitrogens with zero attached hydrogens (tertiary/aromatic N) is 1. The Bertz CT molecular complexity index is 259. The third kappa shape index (κ3) is 2.84. The van der Waals surface area contributed by atoms with Gasteiger partial charge in [-0.05, 0) is 27.2 Å². The SMILES string of the molecule is CCCC(C)NCc1c(C)n[nH]c1C. The molecule has 14 heavy (non-hydrogen) atoms. The van der Waals surface area contributed by atoms with Gasteiger partial charge in [0, 0.05) is 23.8 Å². The van der Waals surface area contributed by atoms with E-state index in [2.05, 4.69) is 36.3 Å². The van der Waals surface area contributed by atoms with Crippen LogP contribution in [0.2, 0.25) is 0 Å². The summed E-state index contributed by atoms with van der Waals surface area (Å²) in [7, 11) is 0. The molecule has 0 saturated carbocycles. The molecule has 3 nitrogen and oxygen atoms in total. The van der Waals surface area contributed by atoms with Gasteiger partial charge in [0.05, 0.1) is 5.69 Å². The average Bonchev–Trinajstić information content (AvgIpc) is 2.44. The fourth-order valence-corrected chi connectivity index (χ4v) is 1.65. The Morgan fingerprint density at radius 1 is 1.43 bits per heavy atom. The van der Waals surface area contributed by atoms with Crippen LogP contribution in [0.15, 0.2) is 0 Å². The van der Waals surface area contributed by atoms with Gasteiger partial charge in [-0.2, -0.15) is 5.10 Å². The molecule has 0 radical (unpaired) electrons. The molecule has 0 aromatic carbocycles. The summed E-state index contributed by atoms with van der Waals surface area (Å²) in [5.41, 5.74) is 3.60. The molecule has 0 aliphatic carbocycles. The first-order chi connectivity index (χ1) is 6.65. The summed E-state index contributed by atoms with van der Waals surface area (Å²) in [4.78, 5) is 0. The molecule has 1 rings (SSSR count). The third-order valence-electron chi connectivity index (χ3n) is 2.63. The predicted molar refractivity (Wildman–Crippen MR) is 59.3 cm³/mol. The topological polar surface area (TPSA) is 40.7 Å². The number of hydrogen-bond donors (Lipinski definition) is 2.